The van der Waals surface area contributed by atoms with Crippen LogP contribution < -0.4 is 0 Å². The topological polar surface area (TPSA) is 140 Å². The number of halogens is 2. The highest BCUT2D eigenvalue weighted by atomic mass is 35.5. The van der Waals surface area contributed by atoms with Crippen LogP contribution in [0.4, 0.5) is 0 Å². The second kappa shape index (κ2) is 14.3. The minimum atomic E-state index is -3.25. The largest absolute Gasteiger partial charge is 0.469 e. The molecule has 3 aliphatic rings. The van der Waals surface area contributed by atoms with Crippen molar-refractivity contribution < 1.29 is 22.7 Å². The van der Waals surface area contributed by atoms with E-state index >= 15 is 0 Å². The van der Waals surface area contributed by atoms with Crippen LogP contribution in [-0.2, 0) is 30.8 Å². The highest BCUT2D eigenvalue weighted by Gasteiger charge is 2.43. The van der Waals surface area contributed by atoms with E-state index in [0.717, 1.165) is 35.3 Å². The Morgan fingerprint density at radius 1 is 1.06 bits per heavy atom. The Kier molecular flexibility index (Phi) is 10.1. The Morgan fingerprint density at radius 3 is 2.48 bits per heavy atom. The van der Waals surface area contributed by atoms with E-state index < -0.39 is 10.0 Å². The lowest BCUT2D eigenvalue weighted by atomic mass is 9.82. The van der Waals surface area contributed by atoms with Crippen molar-refractivity contribution >= 4 is 62.5 Å². The highest BCUT2D eigenvalue weighted by molar-refractivity contribution is 7.88. The van der Waals surface area contributed by atoms with E-state index in [4.69, 9.17) is 32.9 Å². The van der Waals surface area contributed by atoms with Crippen molar-refractivity contribution in [1.29, 1.82) is 0 Å². The lowest BCUT2D eigenvalue weighted by Gasteiger charge is -2.33. The third-order valence-electron chi connectivity index (χ3n) is 9.35. The van der Waals surface area contributed by atoms with Crippen molar-refractivity contribution in [3.05, 3.63) is 81.7 Å². The van der Waals surface area contributed by atoms with Gasteiger partial charge in [-0.15, -0.1) is 5.10 Å². The number of allylic oxidation sites excluding steroid dienone is 1. The number of methoxy groups -OCH3 is 1. The lowest BCUT2D eigenvalue weighted by molar-refractivity contribution is -0.139. The van der Waals surface area contributed by atoms with Gasteiger partial charge in [0.25, 0.3) is 0 Å². The van der Waals surface area contributed by atoms with Gasteiger partial charge in [0, 0.05) is 54.0 Å². The van der Waals surface area contributed by atoms with Gasteiger partial charge in [0.2, 0.25) is 15.9 Å². The number of carbonyl (C=O) groups excluding carboxylic acids is 2. The number of amides is 1. The normalized spacial score (nSPS) is 20.9. The number of ether oxygens (including phenoxy) is 1. The molecule has 0 radical (unpaired) electrons. The summed E-state index contributed by atoms with van der Waals surface area (Å²) in [5.41, 5.74) is 4.72. The van der Waals surface area contributed by atoms with Gasteiger partial charge in [-0.1, -0.05) is 47.5 Å². The summed E-state index contributed by atoms with van der Waals surface area (Å²) in [6, 6.07) is 12.5. The van der Waals surface area contributed by atoms with E-state index in [1.54, 1.807) is 24.3 Å². The molecule has 2 saturated heterocycles. The van der Waals surface area contributed by atoms with Crippen molar-refractivity contribution in [2.75, 3.05) is 33.0 Å². The fraction of sp³-hybridized carbons (Fsp3) is 0.394. The molecule has 2 fully saturated rings. The summed E-state index contributed by atoms with van der Waals surface area (Å²) in [4.78, 5) is 32.4. The van der Waals surface area contributed by atoms with E-state index in [1.165, 1.54) is 34.8 Å². The maximum Gasteiger partial charge on any atom is 0.309 e. The molecular formula is C33H35Cl2N7O5S. The third kappa shape index (κ3) is 7.54. The monoisotopic (exact) mass is 711 g/mol. The Balaban J connectivity index is 1.23. The summed E-state index contributed by atoms with van der Waals surface area (Å²) < 4.78 is 32.1. The third-order valence-corrected chi connectivity index (χ3v) is 11.2. The summed E-state index contributed by atoms with van der Waals surface area (Å²) in [7, 11) is -1.89. The van der Waals surface area contributed by atoms with Gasteiger partial charge in [-0.3, -0.25) is 9.59 Å². The number of sulfonamides is 1. The molecule has 0 unspecified atom stereocenters. The molecule has 3 aliphatic heterocycles. The molecule has 1 amide bonds. The van der Waals surface area contributed by atoms with Gasteiger partial charge in [-0.25, -0.2) is 17.7 Å². The van der Waals surface area contributed by atoms with Crippen molar-refractivity contribution in [3.8, 4) is 5.69 Å². The first-order chi connectivity index (χ1) is 23.0. The molecule has 6 rings (SSSR count). The zero-order chi connectivity index (χ0) is 34.0. The number of hydrogen-bond acceptors (Lipinski definition) is 9. The Hall–Kier alpha value is -3.91. The number of esters is 1. The van der Waals surface area contributed by atoms with Crippen LogP contribution in [0.1, 0.15) is 42.4 Å². The van der Waals surface area contributed by atoms with Gasteiger partial charge in [0.15, 0.2) is 0 Å². The minimum absolute atomic E-state index is 0.167. The molecular weight excluding hydrogens is 677 g/mol. The number of carbonyl (C=O) groups is 2. The minimum Gasteiger partial charge on any atom is -0.469 e. The zero-order valence-electron chi connectivity index (χ0n) is 26.5. The molecule has 15 heteroatoms. The van der Waals surface area contributed by atoms with Crippen molar-refractivity contribution in [2.24, 2.45) is 16.8 Å². The molecule has 12 nitrogen and oxygen atoms in total. The van der Waals surface area contributed by atoms with Crippen LogP contribution in [0.2, 0.25) is 5.02 Å². The van der Waals surface area contributed by atoms with Crippen LogP contribution in [0.15, 0.2) is 65.0 Å². The molecule has 1 aromatic heterocycles. The number of rotatable bonds is 9. The first kappa shape index (κ1) is 34.0. The van der Waals surface area contributed by atoms with Crippen molar-refractivity contribution in [3.63, 3.8) is 0 Å². The van der Waals surface area contributed by atoms with Crippen LogP contribution in [-0.4, -0.2) is 94.5 Å². The van der Waals surface area contributed by atoms with Crippen LogP contribution >= 0.6 is 23.2 Å². The van der Waals surface area contributed by atoms with Gasteiger partial charge in [-0.05, 0) is 76.9 Å². The number of aromatic nitrogens is 4. The Labute approximate surface area is 289 Å². The summed E-state index contributed by atoms with van der Waals surface area (Å²) in [6.07, 6.45) is 8.77. The summed E-state index contributed by atoms with van der Waals surface area (Å²) in [6.45, 7) is 1.45. The van der Waals surface area contributed by atoms with E-state index in [9.17, 15) is 18.0 Å². The fourth-order valence-electron chi connectivity index (χ4n) is 6.81. The molecule has 252 valence electrons. The fourth-order valence-corrected chi connectivity index (χ4v) is 8.15. The smallest absolute Gasteiger partial charge is 0.309 e. The number of nitrogens with zero attached hydrogens (tertiary/aromatic N) is 7. The molecule has 0 spiro atoms. The molecule has 2 atom stereocenters. The Bertz CT molecular complexity index is 1890. The molecule has 0 saturated carbocycles. The average Bonchev–Trinajstić information content (AvgIpc) is 3.84. The van der Waals surface area contributed by atoms with E-state index in [0.29, 0.717) is 53.9 Å². The molecule has 0 bridgehead atoms. The standard InChI is InChI=1S/C33H35Cl2N7O5S/c1-47-32(44)15-21-3-5-23(6-4-21)27-18-28(37-33(27)35)30-17-25(22-11-13-40(14-12-22)48(2,45)46)19-41(30)31(43)10-7-24-16-26(34)8-9-29(24)42-20-36-38-39-42/h3-10,16,20,22,25,30H,11-15,17-19H2,1-2H3/b10-7+/t25-,30-/m0/s1. The van der Waals surface area contributed by atoms with Gasteiger partial charge in [0.05, 0.1) is 31.5 Å². The number of likely N-dealkylation sites (tertiary alicyclic amines) is 1. The molecule has 48 heavy (non-hydrogen) atoms. The van der Waals surface area contributed by atoms with Crippen LogP contribution in [0.5, 0.6) is 0 Å². The van der Waals surface area contributed by atoms with Crippen LogP contribution in [0.25, 0.3) is 17.3 Å². The lowest BCUT2D eigenvalue weighted by Crippen LogP contribution is -2.40. The van der Waals surface area contributed by atoms with E-state index in [2.05, 4.69) is 15.5 Å². The number of benzene rings is 2. The van der Waals surface area contributed by atoms with Gasteiger partial charge in [0.1, 0.15) is 11.5 Å². The van der Waals surface area contributed by atoms with Gasteiger partial charge < -0.3 is 9.64 Å². The average molecular weight is 713 g/mol. The summed E-state index contributed by atoms with van der Waals surface area (Å²) in [5.74, 6) is -0.0674. The second-order valence-corrected chi connectivity index (χ2v) is 15.1. The maximum atomic E-state index is 14.0. The molecule has 0 aliphatic carbocycles. The molecule has 3 aromatic rings. The summed E-state index contributed by atoms with van der Waals surface area (Å²) >= 11 is 13.0. The SMILES string of the molecule is COC(=O)Cc1ccc(C2=C(Cl)N=C([C@@H]3C[C@H](C4CCN(S(C)(=O)=O)CC4)CN3C(=O)/C=C/c3cc(Cl)ccc3-n3cnnn3)C2)cc1. The summed E-state index contributed by atoms with van der Waals surface area (Å²) in [5, 5.41) is 12.3. The van der Waals surface area contributed by atoms with Crippen LogP contribution in [0.3, 0.4) is 0 Å². The number of tetrazole rings is 1. The predicted octanol–water partition coefficient (Wildman–Crippen LogP) is 4.39. The quantitative estimate of drug-likeness (QED) is 0.181. The van der Waals surface area contributed by atoms with Gasteiger partial charge >= 0.3 is 5.97 Å². The molecule has 0 N–H and O–H groups in total. The highest BCUT2D eigenvalue weighted by Crippen LogP contribution is 2.40. The van der Waals surface area contributed by atoms with E-state index in [-0.39, 0.29) is 36.2 Å². The second-order valence-electron chi connectivity index (χ2n) is 12.3. The molecule has 4 heterocycles. The predicted molar refractivity (Wildman–Crippen MR) is 183 cm³/mol. The maximum absolute atomic E-state index is 14.0. The number of aliphatic imine (C=N–C) groups is 1. The first-order valence-corrected chi connectivity index (χ1v) is 18.2. The van der Waals surface area contributed by atoms with Crippen molar-refractivity contribution in [1.82, 2.24) is 29.4 Å². The van der Waals surface area contributed by atoms with Crippen LogP contribution in [0, 0.1) is 11.8 Å². The zero-order valence-corrected chi connectivity index (χ0v) is 28.8. The van der Waals surface area contributed by atoms with Crippen molar-refractivity contribution in [2.45, 2.75) is 38.1 Å². The van der Waals surface area contributed by atoms with Gasteiger partial charge in [-0.2, -0.15) is 4.68 Å². The molecule has 2 aromatic carbocycles. The number of piperidine rings is 1. The first-order valence-electron chi connectivity index (χ1n) is 15.6. The Morgan fingerprint density at radius 2 is 1.81 bits per heavy atom. The number of hydrogen-bond donors (Lipinski definition) is 0. The van der Waals surface area contributed by atoms with E-state index in [1.807, 2.05) is 29.2 Å².